The molecule has 0 spiro atoms. The lowest BCUT2D eigenvalue weighted by molar-refractivity contribution is -0.140. The summed E-state index contributed by atoms with van der Waals surface area (Å²) in [5, 5.41) is 11.6. The van der Waals surface area contributed by atoms with Crippen molar-refractivity contribution in [2.75, 3.05) is 6.54 Å². The predicted molar refractivity (Wildman–Crippen MR) is 40.5 cm³/mol. The maximum Gasteiger partial charge on any atom is 0.320 e. The molecule has 0 bridgehead atoms. The number of hydrogen-bond acceptors (Lipinski definition) is 2. The van der Waals surface area contributed by atoms with E-state index >= 15 is 0 Å². The third kappa shape index (κ3) is 1.02. The SMILES string of the molecule is O=C(O)[C@@H]1NC[C@H]2[C@H]1CC[C@@H]2F. The van der Waals surface area contributed by atoms with Gasteiger partial charge < -0.3 is 10.4 Å². The largest absolute Gasteiger partial charge is 0.480 e. The van der Waals surface area contributed by atoms with Crippen LogP contribution in [-0.2, 0) is 4.79 Å². The Labute approximate surface area is 70.0 Å². The summed E-state index contributed by atoms with van der Waals surface area (Å²) < 4.78 is 13.1. The second-order valence-electron chi connectivity index (χ2n) is 3.65. The number of carboxylic acid groups (broad SMARTS) is 1. The van der Waals surface area contributed by atoms with Crippen molar-refractivity contribution in [1.29, 1.82) is 0 Å². The van der Waals surface area contributed by atoms with E-state index in [-0.39, 0.29) is 11.8 Å². The zero-order valence-electron chi connectivity index (χ0n) is 6.66. The number of fused-ring (bicyclic) bond motifs is 1. The summed E-state index contributed by atoms with van der Waals surface area (Å²) in [6, 6.07) is -0.504. The molecule has 0 unspecified atom stereocenters. The minimum atomic E-state index is -0.836. The predicted octanol–water partition coefficient (Wildman–Crippen LogP) is 0.407. The molecule has 1 aliphatic carbocycles. The maximum atomic E-state index is 13.1. The zero-order valence-corrected chi connectivity index (χ0v) is 6.66. The van der Waals surface area contributed by atoms with E-state index in [1.807, 2.05) is 0 Å². The average molecular weight is 173 g/mol. The van der Waals surface area contributed by atoms with E-state index < -0.39 is 18.2 Å². The van der Waals surface area contributed by atoms with E-state index in [2.05, 4.69) is 5.32 Å². The van der Waals surface area contributed by atoms with Gasteiger partial charge in [-0.15, -0.1) is 0 Å². The van der Waals surface area contributed by atoms with Crippen LogP contribution in [0.2, 0.25) is 0 Å². The highest BCUT2D eigenvalue weighted by Crippen LogP contribution is 2.39. The van der Waals surface area contributed by atoms with Crippen molar-refractivity contribution < 1.29 is 14.3 Å². The lowest BCUT2D eigenvalue weighted by Gasteiger charge is -2.12. The molecule has 1 heterocycles. The Morgan fingerprint density at radius 2 is 2.17 bits per heavy atom. The fourth-order valence-corrected chi connectivity index (χ4v) is 2.43. The quantitative estimate of drug-likeness (QED) is 0.603. The van der Waals surface area contributed by atoms with Gasteiger partial charge in [0.05, 0.1) is 0 Å². The van der Waals surface area contributed by atoms with Crippen LogP contribution in [0, 0.1) is 11.8 Å². The first kappa shape index (κ1) is 7.98. The molecule has 2 aliphatic rings. The number of rotatable bonds is 1. The Kier molecular flexibility index (Phi) is 1.79. The topological polar surface area (TPSA) is 49.3 Å². The summed E-state index contributed by atoms with van der Waals surface area (Å²) in [6.07, 6.45) is 0.475. The number of hydrogen-bond donors (Lipinski definition) is 2. The number of alkyl halides is 1. The number of carboxylic acids is 1. The smallest absolute Gasteiger partial charge is 0.320 e. The summed E-state index contributed by atoms with van der Waals surface area (Å²) in [5.74, 6) is -0.861. The monoisotopic (exact) mass is 173 g/mol. The Morgan fingerprint density at radius 3 is 2.83 bits per heavy atom. The van der Waals surface area contributed by atoms with E-state index in [0.717, 1.165) is 6.42 Å². The Hall–Kier alpha value is -0.640. The van der Waals surface area contributed by atoms with Gasteiger partial charge in [0.2, 0.25) is 0 Å². The Morgan fingerprint density at radius 1 is 1.42 bits per heavy atom. The molecule has 0 aromatic heterocycles. The number of halogens is 1. The van der Waals surface area contributed by atoms with Crippen molar-refractivity contribution in [3.8, 4) is 0 Å². The van der Waals surface area contributed by atoms with Crippen LogP contribution in [-0.4, -0.2) is 29.8 Å². The third-order valence-electron chi connectivity index (χ3n) is 3.06. The molecule has 2 fully saturated rings. The van der Waals surface area contributed by atoms with Gasteiger partial charge in [-0.3, -0.25) is 4.79 Å². The highest BCUT2D eigenvalue weighted by molar-refractivity contribution is 5.74. The molecule has 0 radical (unpaired) electrons. The maximum absolute atomic E-state index is 13.1. The van der Waals surface area contributed by atoms with Gasteiger partial charge in [0.1, 0.15) is 12.2 Å². The van der Waals surface area contributed by atoms with Gasteiger partial charge in [0, 0.05) is 12.5 Å². The second kappa shape index (κ2) is 2.69. The molecule has 1 aliphatic heterocycles. The van der Waals surface area contributed by atoms with Crippen LogP contribution < -0.4 is 5.32 Å². The number of nitrogens with one attached hydrogen (secondary N) is 1. The van der Waals surface area contributed by atoms with Gasteiger partial charge in [0.15, 0.2) is 0 Å². The summed E-state index contributed by atoms with van der Waals surface area (Å²) in [4.78, 5) is 10.7. The first-order valence-corrected chi connectivity index (χ1v) is 4.30. The molecule has 1 saturated carbocycles. The molecule has 2 N–H and O–H groups in total. The molecule has 0 amide bonds. The molecule has 68 valence electrons. The first-order valence-electron chi connectivity index (χ1n) is 4.30. The van der Waals surface area contributed by atoms with Crippen molar-refractivity contribution >= 4 is 5.97 Å². The van der Waals surface area contributed by atoms with Crippen LogP contribution in [0.3, 0.4) is 0 Å². The molecule has 0 aromatic carbocycles. The molecule has 4 heteroatoms. The molecule has 1 saturated heterocycles. The van der Waals surface area contributed by atoms with Crippen molar-refractivity contribution in [1.82, 2.24) is 5.32 Å². The van der Waals surface area contributed by atoms with Gasteiger partial charge in [-0.1, -0.05) is 0 Å². The second-order valence-corrected chi connectivity index (χ2v) is 3.65. The number of aliphatic carboxylic acids is 1. The molecule has 0 aromatic rings. The van der Waals surface area contributed by atoms with Crippen molar-refractivity contribution in [3.05, 3.63) is 0 Å². The average Bonchev–Trinajstić information content (AvgIpc) is 2.53. The summed E-state index contributed by atoms with van der Waals surface area (Å²) in [5.41, 5.74) is 0. The van der Waals surface area contributed by atoms with Crippen LogP contribution in [0.25, 0.3) is 0 Å². The summed E-state index contributed by atoms with van der Waals surface area (Å²) in [6.45, 7) is 0.531. The fraction of sp³-hybridized carbons (Fsp3) is 0.875. The Balaban J connectivity index is 2.10. The van der Waals surface area contributed by atoms with Gasteiger partial charge in [-0.25, -0.2) is 4.39 Å². The van der Waals surface area contributed by atoms with Crippen LogP contribution in [0.1, 0.15) is 12.8 Å². The van der Waals surface area contributed by atoms with E-state index in [9.17, 15) is 9.18 Å². The van der Waals surface area contributed by atoms with E-state index in [1.54, 1.807) is 0 Å². The molecule has 4 atom stereocenters. The first-order chi connectivity index (χ1) is 5.70. The normalized spacial score (nSPS) is 46.1. The molecule has 2 rings (SSSR count). The van der Waals surface area contributed by atoms with E-state index in [0.29, 0.717) is 13.0 Å². The van der Waals surface area contributed by atoms with Crippen LogP contribution in [0.5, 0.6) is 0 Å². The van der Waals surface area contributed by atoms with Crippen LogP contribution in [0.4, 0.5) is 4.39 Å². The molecular formula is C8H12FNO2. The van der Waals surface area contributed by atoms with Crippen molar-refractivity contribution in [2.45, 2.75) is 25.1 Å². The number of carbonyl (C=O) groups is 1. The molecule has 3 nitrogen and oxygen atoms in total. The van der Waals surface area contributed by atoms with Gasteiger partial charge in [0.25, 0.3) is 0 Å². The van der Waals surface area contributed by atoms with E-state index in [1.165, 1.54) is 0 Å². The van der Waals surface area contributed by atoms with Gasteiger partial charge >= 0.3 is 5.97 Å². The molecular weight excluding hydrogens is 161 g/mol. The van der Waals surface area contributed by atoms with Gasteiger partial charge in [-0.05, 0) is 18.8 Å². The summed E-state index contributed by atoms with van der Waals surface area (Å²) in [7, 11) is 0. The third-order valence-corrected chi connectivity index (χ3v) is 3.06. The Bertz CT molecular complexity index is 209. The van der Waals surface area contributed by atoms with Crippen molar-refractivity contribution in [2.24, 2.45) is 11.8 Å². The molecule has 12 heavy (non-hydrogen) atoms. The fourth-order valence-electron chi connectivity index (χ4n) is 2.43. The highest BCUT2D eigenvalue weighted by Gasteiger charge is 2.47. The zero-order chi connectivity index (χ0) is 8.72. The lowest BCUT2D eigenvalue weighted by atomic mass is 9.94. The van der Waals surface area contributed by atoms with Gasteiger partial charge in [-0.2, -0.15) is 0 Å². The highest BCUT2D eigenvalue weighted by atomic mass is 19.1. The standard InChI is InChI=1S/C8H12FNO2/c9-6-2-1-4-5(6)3-10-7(4)8(11)12/h4-7,10H,1-3H2,(H,11,12)/t4-,5+,6+,7-/m1/s1. The minimum absolute atomic E-state index is 0.0255. The van der Waals surface area contributed by atoms with Crippen LogP contribution in [0.15, 0.2) is 0 Å². The van der Waals surface area contributed by atoms with Crippen LogP contribution >= 0.6 is 0 Å². The summed E-state index contributed by atoms with van der Waals surface area (Å²) >= 11 is 0. The lowest BCUT2D eigenvalue weighted by Crippen LogP contribution is -2.35. The minimum Gasteiger partial charge on any atom is -0.480 e. The van der Waals surface area contributed by atoms with Crippen molar-refractivity contribution in [3.63, 3.8) is 0 Å². The van der Waals surface area contributed by atoms with E-state index in [4.69, 9.17) is 5.11 Å².